The summed E-state index contributed by atoms with van der Waals surface area (Å²) in [6.45, 7) is 5.22. The molecule has 7 heteroatoms. The molecule has 3 aromatic carbocycles. The predicted octanol–water partition coefficient (Wildman–Crippen LogP) is 4.61. The molecular weight excluding hydrogens is 450 g/mol. The number of rotatable bonds is 8. The van der Waals surface area contributed by atoms with E-state index in [4.69, 9.17) is 21.1 Å². The Kier molecular flexibility index (Phi) is 7.93. The second-order valence-corrected chi connectivity index (χ2v) is 8.75. The largest absolute Gasteiger partial charge is 0.493 e. The van der Waals surface area contributed by atoms with Gasteiger partial charge in [-0.1, -0.05) is 29.8 Å². The van der Waals surface area contributed by atoms with E-state index in [9.17, 15) is 4.79 Å². The van der Waals surface area contributed by atoms with Crippen LogP contribution in [0, 0.1) is 0 Å². The highest BCUT2D eigenvalue weighted by Crippen LogP contribution is 2.28. The molecule has 1 fully saturated rings. The summed E-state index contributed by atoms with van der Waals surface area (Å²) in [5.41, 5.74) is 4.08. The molecule has 0 atom stereocenters. The topological polar surface area (TPSA) is 54.0 Å². The monoisotopic (exact) mass is 479 g/mol. The third kappa shape index (κ3) is 6.01. The van der Waals surface area contributed by atoms with E-state index in [0.717, 1.165) is 49.8 Å². The van der Waals surface area contributed by atoms with Crippen molar-refractivity contribution >= 4 is 23.2 Å². The average Bonchev–Trinajstić information content (AvgIpc) is 2.88. The number of carbonyl (C=O) groups excluding carboxylic acids is 1. The van der Waals surface area contributed by atoms with Gasteiger partial charge in [0.15, 0.2) is 11.5 Å². The molecule has 0 radical (unpaired) electrons. The first-order valence-corrected chi connectivity index (χ1v) is 11.7. The van der Waals surface area contributed by atoms with E-state index in [1.165, 1.54) is 11.3 Å². The Hall–Kier alpha value is -3.22. The molecule has 0 unspecified atom stereocenters. The van der Waals surface area contributed by atoms with Gasteiger partial charge in [-0.2, -0.15) is 0 Å². The first kappa shape index (κ1) is 23.9. The summed E-state index contributed by atoms with van der Waals surface area (Å²) in [4.78, 5) is 17.2. The van der Waals surface area contributed by atoms with Crippen molar-refractivity contribution in [2.24, 2.45) is 0 Å². The lowest BCUT2D eigenvalue weighted by molar-refractivity contribution is 0.0951. The first-order chi connectivity index (χ1) is 16.6. The summed E-state index contributed by atoms with van der Waals surface area (Å²) in [6, 6.07) is 21.4. The van der Waals surface area contributed by atoms with Crippen LogP contribution in [0.5, 0.6) is 11.5 Å². The maximum Gasteiger partial charge on any atom is 0.251 e. The SMILES string of the molecule is COc1ccc(CN2CCN(c3cccc(CNC(=O)c4ccc(Cl)cc4)c3)CC2)cc1OC. The highest BCUT2D eigenvalue weighted by atomic mass is 35.5. The third-order valence-electron chi connectivity index (χ3n) is 6.06. The van der Waals surface area contributed by atoms with Crippen LogP contribution < -0.4 is 19.7 Å². The molecule has 178 valence electrons. The van der Waals surface area contributed by atoms with Crippen molar-refractivity contribution in [3.8, 4) is 11.5 Å². The molecule has 1 N–H and O–H groups in total. The van der Waals surface area contributed by atoms with Crippen LogP contribution in [0.4, 0.5) is 5.69 Å². The molecule has 1 aliphatic heterocycles. The van der Waals surface area contributed by atoms with Crippen molar-refractivity contribution in [3.63, 3.8) is 0 Å². The van der Waals surface area contributed by atoms with Gasteiger partial charge in [-0.25, -0.2) is 0 Å². The fourth-order valence-corrected chi connectivity index (χ4v) is 4.28. The van der Waals surface area contributed by atoms with Gasteiger partial charge >= 0.3 is 0 Å². The molecule has 4 rings (SSSR count). The minimum absolute atomic E-state index is 0.106. The maximum atomic E-state index is 12.4. The highest BCUT2D eigenvalue weighted by molar-refractivity contribution is 6.30. The van der Waals surface area contributed by atoms with E-state index < -0.39 is 0 Å². The Morgan fingerprint density at radius 2 is 1.62 bits per heavy atom. The Bertz CT molecular complexity index is 1110. The lowest BCUT2D eigenvalue weighted by atomic mass is 10.1. The van der Waals surface area contributed by atoms with Crippen LogP contribution >= 0.6 is 11.6 Å². The van der Waals surface area contributed by atoms with Gasteiger partial charge in [-0.05, 0) is 59.7 Å². The summed E-state index contributed by atoms with van der Waals surface area (Å²) in [7, 11) is 3.32. The van der Waals surface area contributed by atoms with Gasteiger partial charge in [-0.15, -0.1) is 0 Å². The zero-order valence-corrected chi connectivity index (χ0v) is 20.3. The molecule has 1 aliphatic rings. The number of methoxy groups -OCH3 is 2. The second kappa shape index (κ2) is 11.3. The minimum Gasteiger partial charge on any atom is -0.493 e. The lowest BCUT2D eigenvalue weighted by Crippen LogP contribution is -2.46. The molecule has 0 aromatic heterocycles. The quantitative estimate of drug-likeness (QED) is 0.511. The van der Waals surface area contributed by atoms with Gasteiger partial charge < -0.3 is 19.7 Å². The van der Waals surface area contributed by atoms with Gasteiger partial charge in [-0.3, -0.25) is 9.69 Å². The molecule has 1 saturated heterocycles. The summed E-state index contributed by atoms with van der Waals surface area (Å²) in [5, 5.41) is 3.61. The number of amides is 1. The van der Waals surface area contributed by atoms with Gasteiger partial charge in [0.05, 0.1) is 14.2 Å². The number of piperazine rings is 1. The Morgan fingerprint density at radius 1 is 0.882 bits per heavy atom. The summed E-state index contributed by atoms with van der Waals surface area (Å²) in [5.74, 6) is 1.41. The molecule has 0 bridgehead atoms. The van der Waals surface area contributed by atoms with Crippen LogP contribution in [0.25, 0.3) is 0 Å². The maximum absolute atomic E-state index is 12.4. The highest BCUT2D eigenvalue weighted by Gasteiger charge is 2.18. The van der Waals surface area contributed by atoms with Crippen molar-refractivity contribution < 1.29 is 14.3 Å². The van der Waals surface area contributed by atoms with Crippen molar-refractivity contribution in [1.29, 1.82) is 0 Å². The number of anilines is 1. The fourth-order valence-electron chi connectivity index (χ4n) is 4.15. The Balaban J connectivity index is 1.30. The zero-order chi connectivity index (χ0) is 23.9. The molecule has 1 amide bonds. The van der Waals surface area contributed by atoms with Crippen molar-refractivity contribution in [2.75, 3.05) is 45.3 Å². The number of benzene rings is 3. The third-order valence-corrected chi connectivity index (χ3v) is 6.31. The number of halogens is 1. The van der Waals surface area contributed by atoms with Crippen LogP contribution in [0.3, 0.4) is 0 Å². The van der Waals surface area contributed by atoms with E-state index >= 15 is 0 Å². The van der Waals surface area contributed by atoms with Crippen molar-refractivity contribution in [3.05, 3.63) is 88.4 Å². The van der Waals surface area contributed by atoms with E-state index in [1.807, 2.05) is 18.2 Å². The second-order valence-electron chi connectivity index (χ2n) is 8.31. The Labute approximate surface area is 206 Å². The van der Waals surface area contributed by atoms with E-state index in [0.29, 0.717) is 17.1 Å². The van der Waals surface area contributed by atoms with E-state index in [2.05, 4.69) is 39.4 Å². The van der Waals surface area contributed by atoms with E-state index in [-0.39, 0.29) is 5.91 Å². The zero-order valence-electron chi connectivity index (χ0n) is 19.6. The molecule has 6 nitrogen and oxygen atoms in total. The smallest absolute Gasteiger partial charge is 0.251 e. The van der Waals surface area contributed by atoms with Crippen LogP contribution in [0.2, 0.25) is 5.02 Å². The van der Waals surface area contributed by atoms with E-state index in [1.54, 1.807) is 38.5 Å². The molecule has 0 spiro atoms. The fraction of sp³-hybridized carbons (Fsp3) is 0.296. The standard InChI is InChI=1S/C27H30ClN3O3/c1-33-25-11-6-21(17-26(25)34-2)19-30-12-14-31(15-13-30)24-5-3-4-20(16-24)18-29-27(32)22-7-9-23(28)10-8-22/h3-11,16-17H,12-15,18-19H2,1-2H3,(H,29,32). The minimum atomic E-state index is -0.106. The van der Waals surface area contributed by atoms with Crippen molar-refractivity contribution in [2.45, 2.75) is 13.1 Å². The summed E-state index contributed by atoms with van der Waals surface area (Å²) in [6.07, 6.45) is 0. The van der Waals surface area contributed by atoms with Crippen LogP contribution in [0.1, 0.15) is 21.5 Å². The molecule has 0 saturated carbocycles. The molecule has 1 heterocycles. The molecule has 34 heavy (non-hydrogen) atoms. The lowest BCUT2D eigenvalue weighted by Gasteiger charge is -2.36. The molecule has 0 aliphatic carbocycles. The number of hydrogen-bond donors (Lipinski definition) is 1. The van der Waals surface area contributed by atoms with Crippen LogP contribution in [0.15, 0.2) is 66.7 Å². The normalized spacial score (nSPS) is 14.0. The number of nitrogens with one attached hydrogen (secondary N) is 1. The number of nitrogens with zero attached hydrogens (tertiary/aromatic N) is 2. The summed E-state index contributed by atoms with van der Waals surface area (Å²) < 4.78 is 10.8. The van der Waals surface area contributed by atoms with Crippen LogP contribution in [-0.2, 0) is 13.1 Å². The molecular formula is C27H30ClN3O3. The number of ether oxygens (including phenoxy) is 2. The summed E-state index contributed by atoms with van der Waals surface area (Å²) >= 11 is 5.90. The van der Waals surface area contributed by atoms with Gasteiger partial charge in [0.25, 0.3) is 5.91 Å². The molecule has 3 aromatic rings. The van der Waals surface area contributed by atoms with Gasteiger partial charge in [0, 0.05) is 55.5 Å². The predicted molar refractivity (Wildman–Crippen MR) is 136 cm³/mol. The first-order valence-electron chi connectivity index (χ1n) is 11.4. The number of carbonyl (C=O) groups is 1. The van der Waals surface area contributed by atoms with Gasteiger partial charge in [0.2, 0.25) is 0 Å². The Morgan fingerprint density at radius 3 is 2.32 bits per heavy atom. The number of hydrogen-bond acceptors (Lipinski definition) is 5. The average molecular weight is 480 g/mol. The van der Waals surface area contributed by atoms with Gasteiger partial charge in [0.1, 0.15) is 0 Å². The van der Waals surface area contributed by atoms with Crippen molar-refractivity contribution in [1.82, 2.24) is 10.2 Å². The van der Waals surface area contributed by atoms with Crippen LogP contribution in [-0.4, -0.2) is 51.2 Å².